The van der Waals surface area contributed by atoms with Gasteiger partial charge in [0.1, 0.15) is 12.4 Å². The maximum absolute atomic E-state index is 5.35. The zero-order chi connectivity index (χ0) is 17.6. The number of nitrogens with one attached hydrogen (secondary N) is 2. The Morgan fingerprint density at radius 2 is 1.60 bits per heavy atom. The molecule has 0 spiro atoms. The fraction of sp³-hybridized carbons (Fsp3) is 0.812. The van der Waals surface area contributed by atoms with E-state index in [2.05, 4.69) is 25.8 Å². The molecule has 0 aliphatic rings. The van der Waals surface area contributed by atoms with Crippen LogP contribution in [0.15, 0.2) is 4.99 Å². The van der Waals surface area contributed by atoms with Gasteiger partial charge in [-0.1, -0.05) is 0 Å². The second kappa shape index (κ2) is 15.3. The van der Waals surface area contributed by atoms with Crippen LogP contribution in [-0.2, 0) is 23.1 Å². The summed E-state index contributed by atoms with van der Waals surface area (Å²) in [5, 5.41) is 14.8. The Morgan fingerprint density at radius 3 is 2.04 bits per heavy atom. The Bertz CT molecular complexity index is 465. The fourth-order valence-electron chi connectivity index (χ4n) is 1.96. The first kappa shape index (κ1) is 24.1. The Balaban J connectivity index is 0.00000576. The molecule has 0 saturated carbocycles. The molecule has 0 amide bonds. The third kappa shape index (κ3) is 10.6. The van der Waals surface area contributed by atoms with Gasteiger partial charge in [0.25, 0.3) is 0 Å². The second-order valence-corrected chi connectivity index (χ2v) is 5.34. The van der Waals surface area contributed by atoms with E-state index < -0.39 is 0 Å². The SMILES string of the molecule is CCOCCCNC(=NCc1nnc(C)n1C)NCCCOCC.I. The van der Waals surface area contributed by atoms with Crippen LogP contribution in [0.3, 0.4) is 0 Å². The van der Waals surface area contributed by atoms with E-state index in [1.165, 1.54) is 0 Å². The molecule has 0 atom stereocenters. The number of aromatic nitrogens is 3. The van der Waals surface area contributed by atoms with Gasteiger partial charge < -0.3 is 24.7 Å². The van der Waals surface area contributed by atoms with E-state index in [0.717, 1.165) is 70.0 Å². The van der Waals surface area contributed by atoms with Crippen LogP contribution in [0.25, 0.3) is 0 Å². The zero-order valence-electron chi connectivity index (χ0n) is 15.9. The number of aliphatic imine (C=N–C) groups is 1. The van der Waals surface area contributed by atoms with Gasteiger partial charge in [0.2, 0.25) is 0 Å². The van der Waals surface area contributed by atoms with Gasteiger partial charge in [0.05, 0.1) is 0 Å². The van der Waals surface area contributed by atoms with Gasteiger partial charge in [0.15, 0.2) is 11.8 Å². The van der Waals surface area contributed by atoms with Gasteiger partial charge in [-0.05, 0) is 33.6 Å². The standard InChI is InChI=1S/C16H32N6O2.HI/c1-5-23-11-7-9-17-16(18-10-8-12-24-6-2)19-13-15-21-20-14(3)22(15)4;/h5-13H2,1-4H3,(H2,17,18,19);1H. The fourth-order valence-corrected chi connectivity index (χ4v) is 1.96. The molecule has 0 bridgehead atoms. The van der Waals surface area contributed by atoms with Gasteiger partial charge in [0, 0.05) is 46.6 Å². The Morgan fingerprint density at radius 1 is 1.04 bits per heavy atom. The predicted octanol–water partition coefficient (Wildman–Crippen LogP) is 1.63. The number of hydrogen-bond acceptors (Lipinski definition) is 5. The summed E-state index contributed by atoms with van der Waals surface area (Å²) < 4.78 is 12.6. The number of rotatable bonds is 12. The van der Waals surface area contributed by atoms with Crippen molar-refractivity contribution in [3.05, 3.63) is 11.6 Å². The molecule has 0 aromatic carbocycles. The van der Waals surface area contributed by atoms with E-state index in [-0.39, 0.29) is 24.0 Å². The maximum Gasteiger partial charge on any atom is 0.191 e. The number of guanidine groups is 1. The third-order valence-electron chi connectivity index (χ3n) is 3.49. The third-order valence-corrected chi connectivity index (χ3v) is 3.49. The maximum atomic E-state index is 5.35. The van der Waals surface area contributed by atoms with Crippen LogP contribution in [0, 0.1) is 6.92 Å². The van der Waals surface area contributed by atoms with Crippen molar-refractivity contribution in [3.8, 4) is 0 Å². The highest BCUT2D eigenvalue weighted by molar-refractivity contribution is 14.0. The Kier molecular flexibility index (Phi) is 14.7. The molecule has 1 aromatic rings. The molecule has 0 aliphatic carbocycles. The minimum absolute atomic E-state index is 0. The molecule has 0 aliphatic heterocycles. The van der Waals surface area contributed by atoms with Crippen LogP contribution in [0.1, 0.15) is 38.3 Å². The highest BCUT2D eigenvalue weighted by Crippen LogP contribution is 1.99. The van der Waals surface area contributed by atoms with Crippen molar-refractivity contribution < 1.29 is 9.47 Å². The van der Waals surface area contributed by atoms with E-state index in [4.69, 9.17) is 9.47 Å². The molecule has 2 N–H and O–H groups in total. The number of ether oxygens (including phenoxy) is 2. The molecule has 1 rings (SSSR count). The summed E-state index contributed by atoms with van der Waals surface area (Å²) in [5.74, 6) is 2.51. The first-order chi connectivity index (χ1) is 11.7. The average Bonchev–Trinajstić information content (AvgIpc) is 2.90. The number of hydrogen-bond donors (Lipinski definition) is 2. The Hall–Kier alpha value is -0.940. The quantitative estimate of drug-likeness (QED) is 0.210. The molecular weight excluding hydrogens is 435 g/mol. The van der Waals surface area contributed by atoms with Crippen LogP contribution in [0.5, 0.6) is 0 Å². The molecule has 9 heteroatoms. The van der Waals surface area contributed by atoms with E-state index in [1.54, 1.807) is 0 Å². The highest BCUT2D eigenvalue weighted by atomic mass is 127. The molecule has 8 nitrogen and oxygen atoms in total. The van der Waals surface area contributed by atoms with Crippen LogP contribution in [-0.4, -0.2) is 60.2 Å². The normalized spacial score (nSPS) is 10.2. The lowest BCUT2D eigenvalue weighted by Gasteiger charge is -2.12. The summed E-state index contributed by atoms with van der Waals surface area (Å²) >= 11 is 0. The van der Waals surface area contributed by atoms with Crippen molar-refractivity contribution in [1.29, 1.82) is 0 Å². The van der Waals surface area contributed by atoms with Gasteiger partial charge in [-0.2, -0.15) is 0 Å². The molecule has 0 saturated heterocycles. The van der Waals surface area contributed by atoms with E-state index in [1.807, 2.05) is 32.4 Å². The Labute approximate surface area is 168 Å². The number of aryl methyl sites for hydroxylation is 1. The van der Waals surface area contributed by atoms with E-state index in [9.17, 15) is 0 Å². The van der Waals surface area contributed by atoms with Gasteiger partial charge in [-0.15, -0.1) is 34.2 Å². The monoisotopic (exact) mass is 468 g/mol. The van der Waals surface area contributed by atoms with Crippen LogP contribution in [0.2, 0.25) is 0 Å². The molecule has 1 aromatic heterocycles. The van der Waals surface area contributed by atoms with E-state index in [0.29, 0.717) is 6.54 Å². The molecule has 0 radical (unpaired) electrons. The van der Waals surface area contributed by atoms with Crippen LogP contribution >= 0.6 is 24.0 Å². The lowest BCUT2D eigenvalue weighted by molar-refractivity contribution is 0.145. The number of nitrogens with zero attached hydrogens (tertiary/aromatic N) is 4. The van der Waals surface area contributed by atoms with Crippen molar-refractivity contribution in [1.82, 2.24) is 25.4 Å². The molecule has 146 valence electrons. The first-order valence-electron chi connectivity index (χ1n) is 8.71. The zero-order valence-corrected chi connectivity index (χ0v) is 18.2. The molecule has 0 unspecified atom stereocenters. The van der Waals surface area contributed by atoms with Crippen molar-refractivity contribution in [2.45, 2.75) is 40.2 Å². The largest absolute Gasteiger partial charge is 0.382 e. The van der Waals surface area contributed by atoms with Crippen LogP contribution in [0.4, 0.5) is 0 Å². The lowest BCUT2D eigenvalue weighted by atomic mass is 10.4. The first-order valence-corrected chi connectivity index (χ1v) is 8.71. The van der Waals surface area contributed by atoms with Gasteiger partial charge in [-0.3, -0.25) is 0 Å². The minimum atomic E-state index is 0. The van der Waals surface area contributed by atoms with Gasteiger partial charge in [-0.25, -0.2) is 4.99 Å². The summed E-state index contributed by atoms with van der Waals surface area (Å²) in [6.07, 6.45) is 1.88. The average molecular weight is 468 g/mol. The summed E-state index contributed by atoms with van der Waals surface area (Å²) in [6.45, 7) is 11.1. The van der Waals surface area contributed by atoms with E-state index >= 15 is 0 Å². The molecule has 1 heterocycles. The minimum Gasteiger partial charge on any atom is -0.382 e. The molecular formula is C16H33IN6O2. The summed E-state index contributed by atoms with van der Waals surface area (Å²) in [5.41, 5.74) is 0. The smallest absolute Gasteiger partial charge is 0.191 e. The summed E-state index contributed by atoms with van der Waals surface area (Å²) in [6, 6.07) is 0. The topological polar surface area (TPSA) is 85.6 Å². The summed E-state index contributed by atoms with van der Waals surface area (Å²) in [4.78, 5) is 4.59. The second-order valence-electron chi connectivity index (χ2n) is 5.34. The summed E-state index contributed by atoms with van der Waals surface area (Å²) in [7, 11) is 1.95. The van der Waals surface area contributed by atoms with Gasteiger partial charge >= 0.3 is 0 Å². The lowest BCUT2D eigenvalue weighted by Crippen LogP contribution is -2.39. The molecule has 25 heavy (non-hydrogen) atoms. The van der Waals surface area contributed by atoms with Crippen molar-refractivity contribution in [2.75, 3.05) is 39.5 Å². The van der Waals surface area contributed by atoms with Crippen molar-refractivity contribution in [3.63, 3.8) is 0 Å². The highest BCUT2D eigenvalue weighted by Gasteiger charge is 2.05. The van der Waals surface area contributed by atoms with Crippen LogP contribution < -0.4 is 10.6 Å². The van der Waals surface area contributed by atoms with Crippen molar-refractivity contribution in [2.24, 2.45) is 12.0 Å². The predicted molar refractivity (Wildman–Crippen MR) is 111 cm³/mol. The van der Waals surface area contributed by atoms with Crippen molar-refractivity contribution >= 4 is 29.9 Å². The molecule has 0 fully saturated rings. The number of halogens is 1.